The summed E-state index contributed by atoms with van der Waals surface area (Å²) in [6.07, 6.45) is 3.60. The van der Waals surface area contributed by atoms with Crippen molar-refractivity contribution in [2.45, 2.75) is 0 Å². The van der Waals surface area contributed by atoms with Gasteiger partial charge in [-0.15, -0.1) is 0 Å². The maximum absolute atomic E-state index is 12.8. The fourth-order valence-corrected chi connectivity index (χ4v) is 4.27. The lowest BCUT2D eigenvalue weighted by molar-refractivity contribution is -0.658. The van der Waals surface area contributed by atoms with Crippen molar-refractivity contribution in [2.24, 2.45) is 14.1 Å². The summed E-state index contributed by atoms with van der Waals surface area (Å²) in [5, 5.41) is 5.71. The Hall–Kier alpha value is -6.04. The second kappa shape index (κ2) is 11.2. The van der Waals surface area contributed by atoms with Crippen LogP contribution in [-0.4, -0.2) is 21.8 Å². The van der Waals surface area contributed by atoms with E-state index in [1.807, 2.05) is 24.3 Å². The third kappa shape index (κ3) is 5.77. The Morgan fingerprint density at radius 2 is 0.905 bits per heavy atom. The molecule has 2 heterocycles. The molecule has 5 rings (SSSR count). The van der Waals surface area contributed by atoms with Crippen LogP contribution in [-0.2, 0) is 14.1 Å². The number of carbonyl (C=O) groups is 2. The van der Waals surface area contributed by atoms with Crippen molar-refractivity contribution in [3.63, 3.8) is 0 Å². The van der Waals surface area contributed by atoms with E-state index < -0.39 is 0 Å². The molecule has 2 aromatic heterocycles. The molecule has 5 aromatic rings. The number of aryl methyl sites for hydroxylation is 2. The number of rotatable bonds is 6. The van der Waals surface area contributed by atoms with Gasteiger partial charge in [0.25, 0.3) is 11.8 Å². The summed E-state index contributed by atoms with van der Waals surface area (Å²) in [6, 6.07) is 20.8. The van der Waals surface area contributed by atoms with E-state index >= 15 is 0 Å². The molecule has 42 heavy (non-hydrogen) atoms. The van der Waals surface area contributed by atoms with Gasteiger partial charge in [0.05, 0.1) is 37.6 Å². The summed E-state index contributed by atoms with van der Waals surface area (Å²) in [6.45, 7) is 0. The number of nitrogen functional groups attached to an aromatic ring is 4. The van der Waals surface area contributed by atoms with Gasteiger partial charge < -0.3 is 22.1 Å². The van der Waals surface area contributed by atoms with Crippen molar-refractivity contribution in [1.29, 1.82) is 0 Å². The second-order valence-corrected chi connectivity index (χ2v) is 9.66. The number of amides is 2. The molecule has 0 fully saturated rings. The molecule has 0 aliphatic carbocycles. The van der Waals surface area contributed by atoms with Crippen LogP contribution in [0.25, 0.3) is 22.3 Å². The molecule has 0 unspecified atom stereocenters. The van der Waals surface area contributed by atoms with Crippen LogP contribution in [0.3, 0.4) is 0 Å². The first-order valence-corrected chi connectivity index (χ1v) is 12.9. The number of nitrogens with one attached hydrogen (secondary N) is 2. The first-order valence-electron chi connectivity index (χ1n) is 12.9. The Kier molecular flexibility index (Phi) is 7.35. The van der Waals surface area contributed by atoms with E-state index in [1.165, 1.54) is 0 Å². The van der Waals surface area contributed by atoms with E-state index in [9.17, 15) is 9.59 Å². The minimum absolute atomic E-state index is 0.310. The molecule has 210 valence electrons. The normalized spacial score (nSPS) is 10.7. The zero-order chi connectivity index (χ0) is 30.0. The smallest absolute Gasteiger partial charge is 0.369 e. The van der Waals surface area contributed by atoms with Crippen molar-refractivity contribution in [2.75, 3.05) is 33.6 Å². The summed E-state index contributed by atoms with van der Waals surface area (Å²) in [5.41, 5.74) is 28.8. The minimum atomic E-state index is -0.310. The topological polar surface area (TPSA) is 196 Å². The van der Waals surface area contributed by atoms with E-state index in [0.717, 1.165) is 22.3 Å². The van der Waals surface area contributed by atoms with Crippen LogP contribution in [0.15, 0.2) is 85.2 Å². The molecule has 0 bridgehead atoms. The zero-order valence-corrected chi connectivity index (χ0v) is 23.0. The van der Waals surface area contributed by atoms with Gasteiger partial charge >= 0.3 is 11.9 Å². The molecule has 3 aromatic carbocycles. The lowest BCUT2D eigenvalue weighted by atomic mass is 10.1. The Labute approximate surface area is 241 Å². The first-order chi connectivity index (χ1) is 20.1. The monoisotopic (exact) mass is 562 g/mol. The maximum atomic E-state index is 12.8. The van der Waals surface area contributed by atoms with E-state index in [1.54, 1.807) is 84.2 Å². The van der Waals surface area contributed by atoms with Gasteiger partial charge in [-0.1, -0.05) is 34.2 Å². The highest BCUT2D eigenvalue weighted by Gasteiger charge is 2.15. The van der Waals surface area contributed by atoms with Gasteiger partial charge in [-0.25, -0.2) is 9.13 Å². The lowest BCUT2D eigenvalue weighted by Gasteiger charge is -2.09. The number of hydrogen-bond donors (Lipinski definition) is 6. The third-order valence-corrected chi connectivity index (χ3v) is 6.71. The lowest BCUT2D eigenvalue weighted by Crippen LogP contribution is -2.33. The van der Waals surface area contributed by atoms with Gasteiger partial charge in [0.15, 0.2) is 0 Å². The summed E-state index contributed by atoms with van der Waals surface area (Å²) >= 11 is 0. The highest BCUT2D eigenvalue weighted by molar-refractivity contribution is 6.07. The quantitative estimate of drug-likeness (QED) is 0.169. The average Bonchev–Trinajstić information content (AvgIpc) is 2.98. The predicted molar refractivity (Wildman–Crippen MR) is 162 cm³/mol. The van der Waals surface area contributed by atoms with Gasteiger partial charge in [0.2, 0.25) is 11.6 Å². The SMILES string of the molecule is C[n+]1cc(-c2ccc(NC(=O)c3ccc(C(=O)Nc4ccc(-c5c[n+](C)c(N)nc5N)cc4)cc3)cc2)c(N)nc1N. The number of nitrogens with two attached hydrogens (primary N) is 4. The summed E-state index contributed by atoms with van der Waals surface area (Å²) in [5.74, 6) is 0.639. The molecular formula is C30H30N10O2+2. The molecule has 0 spiro atoms. The van der Waals surface area contributed by atoms with Crippen molar-refractivity contribution in [3.8, 4) is 22.3 Å². The van der Waals surface area contributed by atoms with Gasteiger partial charge in [0.1, 0.15) is 0 Å². The van der Waals surface area contributed by atoms with E-state index in [0.29, 0.717) is 46.0 Å². The predicted octanol–water partition coefficient (Wildman–Crippen LogP) is 2.29. The number of aromatic nitrogens is 4. The van der Waals surface area contributed by atoms with Crippen LogP contribution >= 0.6 is 0 Å². The molecular weight excluding hydrogens is 532 g/mol. The van der Waals surface area contributed by atoms with Crippen LogP contribution in [0.5, 0.6) is 0 Å². The number of benzene rings is 3. The van der Waals surface area contributed by atoms with Crippen molar-refractivity contribution in [3.05, 3.63) is 96.3 Å². The van der Waals surface area contributed by atoms with Gasteiger partial charge in [0, 0.05) is 22.5 Å². The zero-order valence-electron chi connectivity index (χ0n) is 23.0. The Morgan fingerprint density at radius 1 is 0.571 bits per heavy atom. The standard InChI is InChI=1S/C30H28N10O2/c1-39-15-23(25(31)37-29(39)33)17-7-11-21(12-8-17)35-27(41)19-3-5-20(6-4-19)28(42)36-22-13-9-18(10-14-22)24-16-40(2)30(34)38-26(24)32/h3-16H,1-2H3,(H8,31,32,33,34,35,36,37,38,41,42)/p+2. The van der Waals surface area contributed by atoms with Crippen molar-refractivity contribution in [1.82, 2.24) is 9.97 Å². The van der Waals surface area contributed by atoms with Crippen LogP contribution < -0.4 is 42.7 Å². The number of anilines is 6. The van der Waals surface area contributed by atoms with Crippen molar-refractivity contribution < 1.29 is 18.7 Å². The molecule has 0 saturated heterocycles. The first kappa shape index (κ1) is 27.5. The molecule has 10 N–H and O–H groups in total. The van der Waals surface area contributed by atoms with Gasteiger partial charge in [-0.2, -0.15) is 0 Å². The van der Waals surface area contributed by atoms with Crippen LogP contribution in [0.2, 0.25) is 0 Å². The maximum Gasteiger partial charge on any atom is 0.391 e. The largest absolute Gasteiger partial charge is 0.391 e. The van der Waals surface area contributed by atoms with E-state index in [-0.39, 0.29) is 11.8 Å². The molecule has 0 radical (unpaired) electrons. The van der Waals surface area contributed by atoms with Crippen LogP contribution in [0.4, 0.5) is 34.9 Å². The van der Waals surface area contributed by atoms with E-state index in [2.05, 4.69) is 20.6 Å². The van der Waals surface area contributed by atoms with Gasteiger partial charge in [-0.3, -0.25) is 21.1 Å². The highest BCUT2D eigenvalue weighted by atomic mass is 16.2. The summed E-state index contributed by atoms with van der Waals surface area (Å²) < 4.78 is 3.36. The Bertz CT molecular complexity index is 1670. The minimum Gasteiger partial charge on any atom is -0.369 e. The third-order valence-electron chi connectivity index (χ3n) is 6.71. The van der Waals surface area contributed by atoms with Crippen LogP contribution in [0, 0.1) is 0 Å². The molecule has 2 amide bonds. The highest BCUT2D eigenvalue weighted by Crippen LogP contribution is 2.26. The Balaban J connectivity index is 1.21. The fraction of sp³-hybridized carbons (Fsp3) is 0.0667. The van der Waals surface area contributed by atoms with Gasteiger partial charge in [-0.05, 0) is 59.7 Å². The molecule has 0 aliphatic heterocycles. The average molecular weight is 563 g/mol. The second-order valence-electron chi connectivity index (χ2n) is 9.66. The summed E-state index contributed by atoms with van der Waals surface area (Å²) in [4.78, 5) is 33.9. The number of carbonyl (C=O) groups excluding carboxylic acids is 2. The fourth-order valence-electron chi connectivity index (χ4n) is 4.27. The molecule has 0 atom stereocenters. The molecule has 12 nitrogen and oxygen atoms in total. The molecule has 0 aliphatic rings. The molecule has 0 saturated carbocycles. The van der Waals surface area contributed by atoms with E-state index in [4.69, 9.17) is 22.9 Å². The Morgan fingerprint density at radius 3 is 1.24 bits per heavy atom. The van der Waals surface area contributed by atoms with Crippen molar-refractivity contribution >= 4 is 46.7 Å². The molecule has 12 heteroatoms. The van der Waals surface area contributed by atoms with Crippen LogP contribution in [0.1, 0.15) is 20.7 Å². The number of hydrogen-bond acceptors (Lipinski definition) is 8. The number of nitrogens with zero attached hydrogens (tertiary/aromatic N) is 4. The summed E-state index contributed by atoms with van der Waals surface area (Å²) in [7, 11) is 3.56.